The second-order valence-corrected chi connectivity index (χ2v) is 11.9. The van der Waals surface area contributed by atoms with Gasteiger partial charge >= 0.3 is 11.9 Å². The lowest BCUT2D eigenvalue weighted by molar-refractivity contribution is -0.138. The highest BCUT2D eigenvalue weighted by Crippen LogP contribution is 2.28. The molecular formula is C37H46N2O7. The van der Waals surface area contributed by atoms with Crippen LogP contribution in [-0.4, -0.2) is 84.3 Å². The zero-order valence-corrected chi connectivity index (χ0v) is 26.8. The first-order valence-electron chi connectivity index (χ1n) is 16.3. The second-order valence-electron chi connectivity index (χ2n) is 11.9. The highest BCUT2D eigenvalue weighted by atomic mass is 16.5. The van der Waals surface area contributed by atoms with E-state index in [0.29, 0.717) is 49.6 Å². The topological polar surface area (TPSA) is 117 Å². The van der Waals surface area contributed by atoms with Crippen molar-refractivity contribution in [3.8, 4) is 22.6 Å². The van der Waals surface area contributed by atoms with Crippen LogP contribution in [0.15, 0.2) is 66.7 Å². The van der Waals surface area contributed by atoms with Crippen LogP contribution in [-0.2, 0) is 22.4 Å². The summed E-state index contributed by atoms with van der Waals surface area (Å²) in [6.45, 7) is 3.98. The molecule has 0 bridgehead atoms. The van der Waals surface area contributed by atoms with Crippen molar-refractivity contribution in [2.24, 2.45) is 0 Å². The molecule has 4 rings (SSSR count). The van der Waals surface area contributed by atoms with Gasteiger partial charge in [-0.2, -0.15) is 0 Å². The van der Waals surface area contributed by atoms with Crippen LogP contribution in [0.1, 0.15) is 66.4 Å². The Balaban J connectivity index is 1.30. The molecule has 0 unspecified atom stereocenters. The van der Waals surface area contributed by atoms with Crippen molar-refractivity contribution in [1.29, 1.82) is 0 Å². The number of ether oxygens (including phenoxy) is 2. The van der Waals surface area contributed by atoms with Gasteiger partial charge in [-0.05, 0) is 85.7 Å². The summed E-state index contributed by atoms with van der Waals surface area (Å²) in [5.74, 6) is -0.358. The van der Waals surface area contributed by atoms with E-state index in [1.54, 1.807) is 0 Å². The molecule has 0 aromatic heterocycles. The van der Waals surface area contributed by atoms with Gasteiger partial charge in [0.1, 0.15) is 11.5 Å². The summed E-state index contributed by atoms with van der Waals surface area (Å²) < 4.78 is 12.1. The van der Waals surface area contributed by atoms with E-state index in [2.05, 4.69) is 11.9 Å². The van der Waals surface area contributed by atoms with Gasteiger partial charge in [0.05, 0.1) is 13.2 Å². The summed E-state index contributed by atoms with van der Waals surface area (Å²) in [7, 11) is 2.07. The summed E-state index contributed by atoms with van der Waals surface area (Å²) in [6, 6.07) is 21.6. The zero-order chi connectivity index (χ0) is 32.7. The molecular weight excluding hydrogens is 584 g/mol. The number of carbonyl (C=O) groups is 3. The lowest BCUT2D eigenvalue weighted by Crippen LogP contribution is -2.47. The number of carbonyl (C=O) groups excluding carboxylic acids is 1. The Morgan fingerprint density at radius 2 is 1.41 bits per heavy atom. The van der Waals surface area contributed by atoms with Crippen LogP contribution in [0.5, 0.6) is 11.5 Å². The second kappa shape index (κ2) is 17.9. The van der Waals surface area contributed by atoms with Gasteiger partial charge in [-0.1, -0.05) is 55.3 Å². The molecule has 1 amide bonds. The highest BCUT2D eigenvalue weighted by Gasteiger charge is 2.21. The van der Waals surface area contributed by atoms with Gasteiger partial charge in [-0.3, -0.25) is 14.4 Å². The van der Waals surface area contributed by atoms with E-state index in [4.69, 9.17) is 14.6 Å². The normalized spacial score (nSPS) is 13.4. The Morgan fingerprint density at radius 1 is 0.696 bits per heavy atom. The summed E-state index contributed by atoms with van der Waals surface area (Å²) in [5, 5.41) is 18.1. The number of benzene rings is 3. The minimum Gasteiger partial charge on any atom is -0.494 e. The van der Waals surface area contributed by atoms with Crippen LogP contribution < -0.4 is 9.47 Å². The number of carboxylic acid groups (broad SMARTS) is 2. The number of nitrogens with zero attached hydrogens (tertiary/aromatic N) is 2. The first kappa shape index (κ1) is 34.5. The Hall–Kier alpha value is -4.37. The molecule has 2 N–H and O–H groups in total. The number of unbranched alkanes of at least 4 members (excludes halogenated alkanes) is 3. The number of likely N-dealkylation sites (N-methyl/N-ethyl adjacent to an activating group) is 1. The van der Waals surface area contributed by atoms with Gasteiger partial charge in [-0.15, -0.1) is 0 Å². The molecule has 1 aliphatic rings. The zero-order valence-electron chi connectivity index (χ0n) is 26.8. The number of amides is 1. The van der Waals surface area contributed by atoms with Crippen LogP contribution in [0.3, 0.4) is 0 Å². The predicted octanol–water partition coefficient (Wildman–Crippen LogP) is 6.18. The van der Waals surface area contributed by atoms with Crippen LogP contribution >= 0.6 is 0 Å². The highest BCUT2D eigenvalue weighted by molar-refractivity contribution is 5.96. The molecule has 9 heteroatoms. The lowest BCUT2D eigenvalue weighted by Gasteiger charge is -2.32. The third-order valence-corrected chi connectivity index (χ3v) is 8.27. The van der Waals surface area contributed by atoms with E-state index in [1.807, 2.05) is 71.6 Å². The molecule has 0 radical (unpaired) electrons. The summed E-state index contributed by atoms with van der Waals surface area (Å²) in [4.78, 5) is 39.7. The number of piperazine rings is 1. The number of aliphatic carboxylic acids is 2. The molecule has 246 valence electrons. The van der Waals surface area contributed by atoms with E-state index >= 15 is 0 Å². The summed E-state index contributed by atoms with van der Waals surface area (Å²) in [6.07, 6.45) is 5.38. The fourth-order valence-corrected chi connectivity index (χ4v) is 5.66. The number of hydrogen-bond donors (Lipinski definition) is 2. The molecule has 0 saturated carbocycles. The van der Waals surface area contributed by atoms with Crippen molar-refractivity contribution in [3.05, 3.63) is 83.4 Å². The Morgan fingerprint density at radius 3 is 2.15 bits per heavy atom. The van der Waals surface area contributed by atoms with E-state index in [-0.39, 0.29) is 25.4 Å². The van der Waals surface area contributed by atoms with Gasteiger partial charge < -0.3 is 29.5 Å². The molecule has 1 saturated heterocycles. The average Bonchev–Trinajstić information content (AvgIpc) is 3.06. The molecule has 3 aromatic carbocycles. The standard InChI is InChI=1S/C37H46N2O7/c1-38-19-21-39(22-20-38)37(44)31-25-30(28-11-6-4-7-12-28)26-32(27-31)45-23-8-3-2-5-13-29-14-9-15-34(33(29)17-18-36(42)43)46-24-10-16-35(40)41/h4,6-7,9,11-12,14-15,25-27H,2-3,5,8,10,13,16-24H2,1H3,(H,40,41)(H,42,43). The van der Waals surface area contributed by atoms with E-state index in [9.17, 15) is 19.5 Å². The summed E-state index contributed by atoms with van der Waals surface area (Å²) >= 11 is 0. The minimum atomic E-state index is -0.865. The van der Waals surface area contributed by atoms with Gasteiger partial charge in [0, 0.05) is 44.6 Å². The molecule has 9 nitrogen and oxygen atoms in total. The lowest BCUT2D eigenvalue weighted by atomic mass is 9.97. The molecule has 0 spiro atoms. The Labute approximate surface area is 271 Å². The maximum atomic E-state index is 13.4. The van der Waals surface area contributed by atoms with Gasteiger partial charge in [-0.25, -0.2) is 0 Å². The van der Waals surface area contributed by atoms with E-state index in [0.717, 1.165) is 67.4 Å². The van der Waals surface area contributed by atoms with Crippen LogP contribution in [0.2, 0.25) is 0 Å². The van der Waals surface area contributed by atoms with Crippen molar-refractivity contribution in [2.75, 3.05) is 46.4 Å². The molecule has 46 heavy (non-hydrogen) atoms. The monoisotopic (exact) mass is 630 g/mol. The Kier molecular flexibility index (Phi) is 13.5. The number of aryl methyl sites for hydroxylation is 1. The molecule has 3 aromatic rings. The van der Waals surface area contributed by atoms with E-state index < -0.39 is 11.9 Å². The Bertz CT molecular complexity index is 1430. The van der Waals surface area contributed by atoms with Gasteiger partial charge in [0.2, 0.25) is 0 Å². The molecule has 1 heterocycles. The largest absolute Gasteiger partial charge is 0.494 e. The molecule has 0 atom stereocenters. The van der Waals surface area contributed by atoms with Gasteiger partial charge in [0.25, 0.3) is 5.91 Å². The maximum absolute atomic E-state index is 13.4. The maximum Gasteiger partial charge on any atom is 0.303 e. The fourth-order valence-electron chi connectivity index (χ4n) is 5.66. The van der Waals surface area contributed by atoms with Crippen molar-refractivity contribution >= 4 is 17.8 Å². The van der Waals surface area contributed by atoms with Crippen molar-refractivity contribution in [2.45, 2.75) is 57.8 Å². The first-order chi connectivity index (χ1) is 22.3. The molecule has 0 aliphatic carbocycles. The van der Waals surface area contributed by atoms with Crippen LogP contribution in [0.4, 0.5) is 0 Å². The van der Waals surface area contributed by atoms with E-state index in [1.165, 1.54) is 0 Å². The van der Waals surface area contributed by atoms with Crippen LogP contribution in [0, 0.1) is 0 Å². The minimum absolute atomic E-state index is 0.00793. The van der Waals surface area contributed by atoms with Gasteiger partial charge in [0.15, 0.2) is 0 Å². The third kappa shape index (κ3) is 10.9. The van der Waals surface area contributed by atoms with Crippen LogP contribution in [0.25, 0.3) is 11.1 Å². The number of carboxylic acids is 2. The smallest absolute Gasteiger partial charge is 0.303 e. The number of rotatable bonds is 18. The number of hydrogen-bond acceptors (Lipinski definition) is 6. The van der Waals surface area contributed by atoms with Crippen molar-refractivity contribution in [3.63, 3.8) is 0 Å². The molecule has 1 fully saturated rings. The van der Waals surface area contributed by atoms with Crippen molar-refractivity contribution < 1.29 is 34.1 Å². The predicted molar refractivity (Wildman–Crippen MR) is 178 cm³/mol. The average molecular weight is 631 g/mol. The van der Waals surface area contributed by atoms with Crippen molar-refractivity contribution in [1.82, 2.24) is 9.80 Å². The molecule has 1 aliphatic heterocycles. The quantitative estimate of drug-likeness (QED) is 0.160. The SMILES string of the molecule is CN1CCN(C(=O)c2cc(OCCCCCCc3cccc(OCCCC(=O)O)c3CCC(=O)O)cc(-c3ccccc3)c2)CC1. The third-order valence-electron chi connectivity index (χ3n) is 8.27. The first-order valence-corrected chi connectivity index (χ1v) is 16.3. The summed E-state index contributed by atoms with van der Waals surface area (Å²) in [5.41, 5.74) is 4.61. The fraction of sp³-hybridized carbons (Fsp3) is 0.432.